The van der Waals surface area contributed by atoms with Crippen LogP contribution in [0, 0.1) is 6.92 Å². The van der Waals surface area contributed by atoms with E-state index in [0.717, 1.165) is 17.0 Å². The van der Waals surface area contributed by atoms with Gasteiger partial charge in [0.2, 0.25) is 0 Å². The Labute approximate surface area is 117 Å². The van der Waals surface area contributed by atoms with Gasteiger partial charge in [-0.2, -0.15) is 0 Å². The van der Waals surface area contributed by atoms with Crippen molar-refractivity contribution >= 4 is 11.6 Å². The molecule has 0 unspecified atom stereocenters. The molecule has 1 heterocycles. The number of amides is 1. The van der Waals surface area contributed by atoms with Crippen LogP contribution >= 0.6 is 0 Å². The second-order valence-electron chi connectivity index (χ2n) is 4.41. The summed E-state index contributed by atoms with van der Waals surface area (Å²) in [5.74, 6) is 0.490. The van der Waals surface area contributed by atoms with Crippen molar-refractivity contribution in [2.75, 3.05) is 12.8 Å². The molecule has 0 saturated heterocycles. The molecule has 2 rings (SSSR count). The number of carbonyl (C=O) groups is 1. The number of aryl methyl sites for hydroxylation is 1. The van der Waals surface area contributed by atoms with Crippen LogP contribution in [0.3, 0.4) is 0 Å². The molecule has 3 N–H and O–H groups in total. The van der Waals surface area contributed by atoms with E-state index >= 15 is 0 Å². The number of hydrogen-bond acceptors (Lipinski definition) is 4. The minimum Gasteiger partial charge on any atom is -0.496 e. The first kappa shape index (κ1) is 13.9. The number of anilines is 1. The topological polar surface area (TPSA) is 77.2 Å². The number of nitrogen functional groups attached to an aromatic ring is 1. The lowest BCUT2D eigenvalue weighted by molar-refractivity contribution is 0.0951. The fraction of sp³-hybridized carbons (Fsp3) is 0.200. The number of nitrogens with two attached hydrogens (primary N) is 1. The first-order valence-electron chi connectivity index (χ1n) is 6.24. The number of nitrogens with zero attached hydrogens (tertiary/aromatic N) is 1. The molecule has 0 atom stereocenters. The number of rotatable bonds is 4. The summed E-state index contributed by atoms with van der Waals surface area (Å²) in [4.78, 5) is 16.2. The van der Waals surface area contributed by atoms with E-state index in [0.29, 0.717) is 17.8 Å². The molecule has 0 spiro atoms. The average molecular weight is 271 g/mol. The maximum atomic E-state index is 12.1. The zero-order chi connectivity index (χ0) is 14.5. The van der Waals surface area contributed by atoms with Crippen LogP contribution in [-0.4, -0.2) is 18.0 Å². The molecule has 0 bridgehead atoms. The standard InChI is InChI=1S/C15H17N3O2/c1-10-7-13(16)12(9-17-10)15(19)18-8-11-5-3-4-6-14(11)20-2/h3-7,9H,8H2,1-2H3,(H2,16,17)(H,18,19). The SMILES string of the molecule is COc1ccccc1CNC(=O)c1cnc(C)cc1N. The summed E-state index contributed by atoms with van der Waals surface area (Å²) in [7, 11) is 1.60. The molecule has 0 aliphatic carbocycles. The number of pyridine rings is 1. The van der Waals surface area contributed by atoms with Gasteiger partial charge in [-0.15, -0.1) is 0 Å². The predicted molar refractivity (Wildman–Crippen MR) is 77.6 cm³/mol. The fourth-order valence-electron chi connectivity index (χ4n) is 1.89. The summed E-state index contributed by atoms with van der Waals surface area (Å²) >= 11 is 0. The monoisotopic (exact) mass is 271 g/mol. The first-order chi connectivity index (χ1) is 9.61. The Bertz CT molecular complexity index is 626. The molecule has 5 heteroatoms. The lowest BCUT2D eigenvalue weighted by Crippen LogP contribution is -2.24. The number of benzene rings is 1. The Morgan fingerprint density at radius 1 is 1.40 bits per heavy atom. The van der Waals surface area contributed by atoms with Crippen molar-refractivity contribution in [3.63, 3.8) is 0 Å². The first-order valence-corrected chi connectivity index (χ1v) is 6.24. The second kappa shape index (κ2) is 6.06. The molecule has 0 saturated carbocycles. The van der Waals surface area contributed by atoms with E-state index in [1.165, 1.54) is 6.20 Å². The third-order valence-corrected chi connectivity index (χ3v) is 2.95. The summed E-state index contributed by atoms with van der Waals surface area (Å²) in [6, 6.07) is 9.20. The van der Waals surface area contributed by atoms with Crippen LogP contribution in [0.15, 0.2) is 36.5 Å². The Balaban J connectivity index is 2.09. The Morgan fingerprint density at radius 2 is 2.15 bits per heavy atom. The highest BCUT2D eigenvalue weighted by molar-refractivity contribution is 5.98. The van der Waals surface area contributed by atoms with Crippen LogP contribution in [0.25, 0.3) is 0 Å². The molecule has 1 aromatic heterocycles. The molecular weight excluding hydrogens is 254 g/mol. The number of ether oxygens (including phenoxy) is 1. The van der Waals surface area contributed by atoms with Crippen LogP contribution in [0.1, 0.15) is 21.6 Å². The number of hydrogen-bond donors (Lipinski definition) is 2. The molecule has 0 fully saturated rings. The largest absolute Gasteiger partial charge is 0.496 e. The third-order valence-electron chi connectivity index (χ3n) is 2.95. The van der Waals surface area contributed by atoms with Crippen molar-refractivity contribution in [1.82, 2.24) is 10.3 Å². The van der Waals surface area contributed by atoms with Gasteiger partial charge in [-0.05, 0) is 19.1 Å². The summed E-state index contributed by atoms with van der Waals surface area (Å²) in [5.41, 5.74) is 8.31. The van der Waals surface area contributed by atoms with E-state index in [4.69, 9.17) is 10.5 Å². The molecule has 20 heavy (non-hydrogen) atoms. The number of nitrogens with one attached hydrogen (secondary N) is 1. The third kappa shape index (κ3) is 3.06. The van der Waals surface area contributed by atoms with Crippen molar-refractivity contribution in [1.29, 1.82) is 0 Å². The molecule has 0 radical (unpaired) electrons. The summed E-state index contributed by atoms with van der Waals surface area (Å²) in [6.45, 7) is 2.20. The quantitative estimate of drug-likeness (QED) is 0.890. The molecule has 1 aromatic carbocycles. The molecular formula is C15H17N3O2. The van der Waals surface area contributed by atoms with Crippen molar-refractivity contribution in [2.24, 2.45) is 0 Å². The highest BCUT2D eigenvalue weighted by Crippen LogP contribution is 2.17. The van der Waals surface area contributed by atoms with Gasteiger partial charge in [-0.25, -0.2) is 0 Å². The zero-order valence-corrected chi connectivity index (χ0v) is 11.5. The Hall–Kier alpha value is -2.56. The van der Waals surface area contributed by atoms with E-state index in [2.05, 4.69) is 10.3 Å². The van der Waals surface area contributed by atoms with Crippen molar-refractivity contribution in [3.05, 3.63) is 53.3 Å². The van der Waals surface area contributed by atoms with E-state index < -0.39 is 0 Å². The van der Waals surface area contributed by atoms with E-state index in [-0.39, 0.29) is 5.91 Å². The van der Waals surface area contributed by atoms with Gasteiger partial charge >= 0.3 is 0 Å². The molecule has 0 aliphatic heterocycles. The minimum atomic E-state index is -0.249. The van der Waals surface area contributed by atoms with Gasteiger partial charge < -0.3 is 15.8 Å². The van der Waals surface area contributed by atoms with Gasteiger partial charge in [0.15, 0.2) is 0 Å². The maximum absolute atomic E-state index is 12.1. The minimum absolute atomic E-state index is 0.249. The summed E-state index contributed by atoms with van der Waals surface area (Å²) in [6.07, 6.45) is 1.49. The summed E-state index contributed by atoms with van der Waals surface area (Å²) in [5, 5.41) is 2.81. The summed E-state index contributed by atoms with van der Waals surface area (Å²) < 4.78 is 5.23. The number of aromatic nitrogens is 1. The molecule has 2 aromatic rings. The van der Waals surface area contributed by atoms with Crippen molar-refractivity contribution in [3.8, 4) is 5.75 Å². The van der Waals surface area contributed by atoms with Crippen LogP contribution in [0.5, 0.6) is 5.75 Å². The van der Waals surface area contributed by atoms with Crippen LogP contribution in [0.2, 0.25) is 0 Å². The van der Waals surface area contributed by atoms with Gasteiger partial charge in [0, 0.05) is 29.7 Å². The fourth-order valence-corrected chi connectivity index (χ4v) is 1.89. The van der Waals surface area contributed by atoms with Crippen LogP contribution in [-0.2, 0) is 6.54 Å². The van der Waals surface area contributed by atoms with Gasteiger partial charge in [-0.1, -0.05) is 18.2 Å². The number of carbonyl (C=O) groups excluding carboxylic acids is 1. The van der Waals surface area contributed by atoms with Gasteiger partial charge in [-0.3, -0.25) is 9.78 Å². The molecule has 5 nitrogen and oxygen atoms in total. The molecule has 0 aliphatic rings. The van der Waals surface area contributed by atoms with E-state index in [1.807, 2.05) is 31.2 Å². The van der Waals surface area contributed by atoms with E-state index in [9.17, 15) is 4.79 Å². The van der Waals surface area contributed by atoms with Crippen molar-refractivity contribution < 1.29 is 9.53 Å². The number of para-hydroxylation sites is 1. The maximum Gasteiger partial charge on any atom is 0.255 e. The second-order valence-corrected chi connectivity index (χ2v) is 4.41. The Morgan fingerprint density at radius 3 is 2.85 bits per heavy atom. The van der Waals surface area contributed by atoms with Crippen LogP contribution in [0.4, 0.5) is 5.69 Å². The van der Waals surface area contributed by atoms with Crippen molar-refractivity contribution in [2.45, 2.75) is 13.5 Å². The van der Waals surface area contributed by atoms with Crippen LogP contribution < -0.4 is 15.8 Å². The highest BCUT2D eigenvalue weighted by Gasteiger charge is 2.11. The Kier molecular flexibility index (Phi) is 4.20. The lowest BCUT2D eigenvalue weighted by Gasteiger charge is -2.10. The van der Waals surface area contributed by atoms with Gasteiger partial charge in [0.05, 0.1) is 12.7 Å². The zero-order valence-electron chi connectivity index (χ0n) is 11.5. The highest BCUT2D eigenvalue weighted by atomic mass is 16.5. The van der Waals surface area contributed by atoms with Gasteiger partial charge in [0.1, 0.15) is 5.75 Å². The molecule has 104 valence electrons. The molecule has 1 amide bonds. The lowest BCUT2D eigenvalue weighted by atomic mass is 10.1. The number of methoxy groups -OCH3 is 1. The van der Waals surface area contributed by atoms with Gasteiger partial charge in [0.25, 0.3) is 5.91 Å². The van der Waals surface area contributed by atoms with E-state index in [1.54, 1.807) is 13.2 Å². The average Bonchev–Trinajstić information content (AvgIpc) is 2.45. The predicted octanol–water partition coefficient (Wildman–Crippen LogP) is 1.91. The normalized spacial score (nSPS) is 10.1. The smallest absolute Gasteiger partial charge is 0.255 e.